The van der Waals surface area contributed by atoms with Crippen molar-refractivity contribution >= 4 is 11.8 Å². The summed E-state index contributed by atoms with van der Waals surface area (Å²) in [4.78, 5) is 26.3. The highest BCUT2D eigenvalue weighted by atomic mass is 16.5. The Morgan fingerprint density at radius 1 is 1.29 bits per heavy atom. The molecule has 114 valence electrons. The lowest BCUT2D eigenvalue weighted by atomic mass is 9.97. The van der Waals surface area contributed by atoms with Gasteiger partial charge in [-0.1, -0.05) is 32.0 Å². The molecular formula is C16H22N2O3. The first-order valence-corrected chi connectivity index (χ1v) is 7.18. The van der Waals surface area contributed by atoms with Gasteiger partial charge in [0.05, 0.1) is 13.7 Å². The van der Waals surface area contributed by atoms with Crippen LogP contribution >= 0.6 is 0 Å². The van der Waals surface area contributed by atoms with Crippen LogP contribution in [0.15, 0.2) is 24.3 Å². The molecule has 5 nitrogen and oxygen atoms in total. The minimum atomic E-state index is -0.475. The van der Waals surface area contributed by atoms with Crippen molar-refractivity contribution in [1.82, 2.24) is 10.2 Å². The average molecular weight is 290 g/mol. The van der Waals surface area contributed by atoms with Crippen LogP contribution in [-0.4, -0.2) is 35.9 Å². The number of carbonyl (C=O) groups excluding carboxylic acids is 2. The molecule has 1 saturated heterocycles. The lowest BCUT2D eigenvalue weighted by Crippen LogP contribution is -2.63. The Hall–Kier alpha value is -2.04. The normalized spacial score (nSPS) is 22.4. The monoisotopic (exact) mass is 290 g/mol. The SMILES string of the molecule is COc1ccccc1CN1C(=O)C(C(C)C)NC(=O)C1C. The predicted molar refractivity (Wildman–Crippen MR) is 79.8 cm³/mol. The molecule has 1 fully saturated rings. The number of benzene rings is 1. The van der Waals surface area contributed by atoms with E-state index >= 15 is 0 Å². The molecule has 1 aliphatic rings. The summed E-state index contributed by atoms with van der Waals surface area (Å²) in [5.74, 6) is 0.643. The predicted octanol–water partition coefficient (Wildman–Crippen LogP) is 1.57. The highest BCUT2D eigenvalue weighted by molar-refractivity contribution is 5.96. The second-order valence-corrected chi connectivity index (χ2v) is 5.68. The third kappa shape index (κ3) is 3.01. The fourth-order valence-electron chi connectivity index (χ4n) is 2.53. The van der Waals surface area contributed by atoms with E-state index in [0.717, 1.165) is 11.3 Å². The lowest BCUT2D eigenvalue weighted by Gasteiger charge is -2.39. The van der Waals surface area contributed by atoms with Crippen molar-refractivity contribution in [3.8, 4) is 5.75 Å². The summed E-state index contributed by atoms with van der Waals surface area (Å²) in [5, 5.41) is 2.80. The minimum absolute atomic E-state index is 0.0389. The van der Waals surface area contributed by atoms with Gasteiger partial charge in [-0.05, 0) is 18.9 Å². The standard InChI is InChI=1S/C16H22N2O3/c1-10(2)14-16(20)18(11(3)15(19)17-14)9-12-7-5-6-8-13(12)21-4/h5-8,10-11,14H,9H2,1-4H3,(H,17,19). The Labute approximate surface area is 125 Å². The van der Waals surface area contributed by atoms with Crippen LogP contribution in [0, 0.1) is 5.92 Å². The second-order valence-electron chi connectivity index (χ2n) is 5.68. The first kappa shape index (κ1) is 15.4. The third-order valence-electron chi connectivity index (χ3n) is 3.89. The topological polar surface area (TPSA) is 58.6 Å². The summed E-state index contributed by atoms with van der Waals surface area (Å²) in [7, 11) is 1.60. The fraction of sp³-hybridized carbons (Fsp3) is 0.500. The summed E-state index contributed by atoms with van der Waals surface area (Å²) in [6, 6.07) is 6.62. The zero-order valence-electron chi connectivity index (χ0n) is 12.9. The number of methoxy groups -OCH3 is 1. The van der Waals surface area contributed by atoms with Crippen molar-refractivity contribution in [3.05, 3.63) is 29.8 Å². The summed E-state index contributed by atoms with van der Waals surface area (Å²) in [5.41, 5.74) is 0.900. The zero-order valence-corrected chi connectivity index (χ0v) is 12.9. The number of carbonyl (C=O) groups is 2. The van der Waals surface area contributed by atoms with Gasteiger partial charge in [-0.3, -0.25) is 9.59 Å². The molecule has 0 spiro atoms. The van der Waals surface area contributed by atoms with E-state index in [0.29, 0.717) is 6.54 Å². The zero-order chi connectivity index (χ0) is 15.6. The van der Waals surface area contributed by atoms with E-state index in [1.54, 1.807) is 18.9 Å². The highest BCUT2D eigenvalue weighted by Gasteiger charge is 2.39. The molecule has 21 heavy (non-hydrogen) atoms. The maximum absolute atomic E-state index is 12.6. The number of piperazine rings is 1. The summed E-state index contributed by atoms with van der Waals surface area (Å²) < 4.78 is 5.32. The average Bonchev–Trinajstić information content (AvgIpc) is 2.47. The van der Waals surface area contributed by atoms with Crippen molar-refractivity contribution in [3.63, 3.8) is 0 Å². The number of nitrogens with zero attached hydrogens (tertiary/aromatic N) is 1. The summed E-state index contributed by atoms with van der Waals surface area (Å²) in [6.45, 7) is 5.99. The number of ether oxygens (including phenoxy) is 1. The van der Waals surface area contributed by atoms with Crippen LogP contribution in [0.25, 0.3) is 0 Å². The molecule has 0 aliphatic carbocycles. The van der Waals surface area contributed by atoms with Crippen LogP contribution < -0.4 is 10.1 Å². The van der Waals surface area contributed by atoms with E-state index in [-0.39, 0.29) is 17.7 Å². The molecule has 2 rings (SSSR count). The molecule has 2 amide bonds. The van der Waals surface area contributed by atoms with Crippen LogP contribution in [0.1, 0.15) is 26.3 Å². The van der Waals surface area contributed by atoms with Gasteiger partial charge >= 0.3 is 0 Å². The smallest absolute Gasteiger partial charge is 0.246 e. The highest BCUT2D eigenvalue weighted by Crippen LogP contribution is 2.23. The number of hydrogen-bond acceptors (Lipinski definition) is 3. The summed E-state index contributed by atoms with van der Waals surface area (Å²) in [6.07, 6.45) is 0. The van der Waals surface area contributed by atoms with Crippen molar-refractivity contribution < 1.29 is 14.3 Å². The molecule has 2 unspecified atom stereocenters. The number of amides is 2. The Morgan fingerprint density at radius 2 is 1.95 bits per heavy atom. The van der Waals surface area contributed by atoms with E-state index < -0.39 is 12.1 Å². The lowest BCUT2D eigenvalue weighted by molar-refractivity contribution is -0.150. The van der Waals surface area contributed by atoms with Crippen LogP contribution in [0.3, 0.4) is 0 Å². The van der Waals surface area contributed by atoms with E-state index in [4.69, 9.17) is 4.74 Å². The maximum Gasteiger partial charge on any atom is 0.246 e. The van der Waals surface area contributed by atoms with Gasteiger partial charge in [0.1, 0.15) is 17.8 Å². The molecule has 1 heterocycles. The minimum Gasteiger partial charge on any atom is -0.496 e. The van der Waals surface area contributed by atoms with Crippen LogP contribution in [0.5, 0.6) is 5.75 Å². The maximum atomic E-state index is 12.6. The molecule has 0 radical (unpaired) electrons. The molecule has 1 N–H and O–H groups in total. The van der Waals surface area contributed by atoms with Crippen molar-refractivity contribution in [2.75, 3.05) is 7.11 Å². The Balaban J connectivity index is 2.27. The Bertz CT molecular complexity index is 542. The van der Waals surface area contributed by atoms with Crippen LogP contribution in [0.2, 0.25) is 0 Å². The van der Waals surface area contributed by atoms with Gasteiger partial charge in [-0.15, -0.1) is 0 Å². The van der Waals surface area contributed by atoms with Gasteiger partial charge in [0.15, 0.2) is 0 Å². The van der Waals surface area contributed by atoms with Gasteiger partial charge in [-0.25, -0.2) is 0 Å². The molecule has 5 heteroatoms. The third-order valence-corrected chi connectivity index (χ3v) is 3.89. The van der Waals surface area contributed by atoms with Gasteiger partial charge < -0.3 is 15.0 Å². The summed E-state index contributed by atoms with van der Waals surface area (Å²) >= 11 is 0. The van der Waals surface area contributed by atoms with Crippen LogP contribution in [0.4, 0.5) is 0 Å². The molecule has 2 atom stereocenters. The van der Waals surface area contributed by atoms with E-state index in [2.05, 4.69) is 5.32 Å². The number of para-hydroxylation sites is 1. The van der Waals surface area contributed by atoms with Crippen LogP contribution in [-0.2, 0) is 16.1 Å². The second kappa shape index (κ2) is 6.16. The van der Waals surface area contributed by atoms with Crippen molar-refractivity contribution in [2.24, 2.45) is 5.92 Å². The van der Waals surface area contributed by atoms with Crippen molar-refractivity contribution in [1.29, 1.82) is 0 Å². The number of nitrogens with one attached hydrogen (secondary N) is 1. The Morgan fingerprint density at radius 3 is 2.57 bits per heavy atom. The molecular weight excluding hydrogens is 268 g/mol. The number of hydrogen-bond donors (Lipinski definition) is 1. The van der Waals surface area contributed by atoms with E-state index in [1.165, 1.54) is 0 Å². The van der Waals surface area contributed by atoms with Gasteiger partial charge in [0.2, 0.25) is 11.8 Å². The molecule has 1 aromatic carbocycles. The first-order chi connectivity index (χ1) is 9.95. The first-order valence-electron chi connectivity index (χ1n) is 7.18. The van der Waals surface area contributed by atoms with Gasteiger partial charge in [0, 0.05) is 5.56 Å². The van der Waals surface area contributed by atoms with E-state index in [1.807, 2.05) is 38.1 Å². The Kier molecular flexibility index (Phi) is 4.50. The van der Waals surface area contributed by atoms with E-state index in [9.17, 15) is 9.59 Å². The molecule has 1 aromatic rings. The quantitative estimate of drug-likeness (QED) is 0.915. The fourth-order valence-corrected chi connectivity index (χ4v) is 2.53. The number of rotatable bonds is 4. The van der Waals surface area contributed by atoms with Gasteiger partial charge in [-0.2, -0.15) is 0 Å². The molecule has 1 aliphatic heterocycles. The molecule has 0 saturated carbocycles. The van der Waals surface area contributed by atoms with Crippen molar-refractivity contribution in [2.45, 2.75) is 39.4 Å². The van der Waals surface area contributed by atoms with Gasteiger partial charge in [0.25, 0.3) is 0 Å². The molecule has 0 aromatic heterocycles. The largest absolute Gasteiger partial charge is 0.496 e. The molecule has 0 bridgehead atoms.